The maximum absolute atomic E-state index is 11.7. The van der Waals surface area contributed by atoms with E-state index in [1.165, 1.54) is 25.3 Å². The molecule has 0 fully saturated rings. The number of hydrogen-bond acceptors (Lipinski definition) is 3. The third-order valence-corrected chi connectivity index (χ3v) is 2.99. The summed E-state index contributed by atoms with van der Waals surface area (Å²) in [6.45, 7) is 2.17. The third kappa shape index (κ3) is 6.31. The van der Waals surface area contributed by atoms with E-state index in [4.69, 9.17) is 5.11 Å². The second-order valence-corrected chi connectivity index (χ2v) is 4.78. The van der Waals surface area contributed by atoms with Gasteiger partial charge in [0.05, 0.1) is 0 Å². The lowest BCUT2D eigenvalue weighted by molar-refractivity contribution is -0.116. The van der Waals surface area contributed by atoms with Gasteiger partial charge in [-0.1, -0.05) is 45.1 Å². The summed E-state index contributed by atoms with van der Waals surface area (Å²) in [6, 6.07) is 4.55. The Morgan fingerprint density at radius 1 is 1.15 bits per heavy atom. The molecule has 0 atom stereocenters. The molecule has 0 aliphatic heterocycles. The largest absolute Gasteiger partial charge is 0.477 e. The van der Waals surface area contributed by atoms with Crippen LogP contribution in [0.15, 0.2) is 18.2 Å². The second-order valence-electron chi connectivity index (χ2n) is 4.78. The summed E-state index contributed by atoms with van der Waals surface area (Å²) in [5.41, 5.74) is -0.0673. The van der Waals surface area contributed by atoms with Crippen molar-refractivity contribution in [1.82, 2.24) is 4.98 Å². The Morgan fingerprint density at radius 2 is 1.85 bits per heavy atom. The molecule has 5 heteroatoms. The summed E-state index contributed by atoms with van der Waals surface area (Å²) in [4.78, 5) is 26.3. The molecule has 0 saturated heterocycles. The molecule has 20 heavy (non-hydrogen) atoms. The van der Waals surface area contributed by atoms with Gasteiger partial charge >= 0.3 is 5.97 Å². The van der Waals surface area contributed by atoms with Crippen molar-refractivity contribution >= 4 is 17.7 Å². The van der Waals surface area contributed by atoms with Crippen LogP contribution in [0.2, 0.25) is 0 Å². The van der Waals surface area contributed by atoms with Crippen LogP contribution in [0, 0.1) is 0 Å². The van der Waals surface area contributed by atoms with Crippen LogP contribution in [0.25, 0.3) is 0 Å². The fourth-order valence-corrected chi connectivity index (χ4v) is 1.89. The van der Waals surface area contributed by atoms with Gasteiger partial charge in [-0.05, 0) is 18.6 Å². The minimum Gasteiger partial charge on any atom is -0.477 e. The van der Waals surface area contributed by atoms with Crippen LogP contribution < -0.4 is 5.32 Å². The number of amides is 1. The fraction of sp³-hybridized carbons (Fsp3) is 0.533. The second kappa shape index (κ2) is 9.07. The van der Waals surface area contributed by atoms with Gasteiger partial charge in [-0.2, -0.15) is 0 Å². The number of pyridine rings is 1. The van der Waals surface area contributed by atoms with Gasteiger partial charge in [-0.25, -0.2) is 9.78 Å². The first kappa shape index (κ1) is 16.1. The van der Waals surface area contributed by atoms with E-state index in [9.17, 15) is 9.59 Å². The maximum atomic E-state index is 11.7. The van der Waals surface area contributed by atoms with Crippen LogP contribution in [0.4, 0.5) is 5.82 Å². The van der Waals surface area contributed by atoms with E-state index >= 15 is 0 Å². The lowest BCUT2D eigenvalue weighted by atomic mass is 10.1. The van der Waals surface area contributed by atoms with Crippen molar-refractivity contribution < 1.29 is 14.7 Å². The summed E-state index contributed by atoms with van der Waals surface area (Å²) in [7, 11) is 0. The number of carbonyl (C=O) groups is 2. The Balaban J connectivity index is 2.28. The molecule has 0 bridgehead atoms. The molecule has 2 N–H and O–H groups in total. The molecule has 0 aromatic carbocycles. The molecular weight excluding hydrogens is 256 g/mol. The first-order chi connectivity index (χ1) is 9.63. The number of hydrogen-bond donors (Lipinski definition) is 2. The number of carbonyl (C=O) groups excluding carboxylic acids is 1. The number of aromatic nitrogens is 1. The number of unbranched alkanes of at least 4 members (excludes halogenated alkanes) is 5. The molecule has 5 nitrogen and oxygen atoms in total. The predicted molar refractivity (Wildman–Crippen MR) is 77.8 cm³/mol. The molecule has 1 aromatic heterocycles. The highest BCUT2D eigenvalue weighted by molar-refractivity contribution is 5.91. The number of nitrogens with zero attached hydrogens (tertiary/aromatic N) is 1. The lowest BCUT2D eigenvalue weighted by Gasteiger charge is -2.05. The standard InChI is InChI=1S/C15H22N2O3/c1-2-3-4-5-6-7-11-14(18)17-13-10-8-9-12(16-13)15(19)20/h8-10H,2-7,11H2,1H3,(H,19,20)(H,16,17,18). The molecule has 0 radical (unpaired) electrons. The first-order valence-electron chi connectivity index (χ1n) is 7.13. The molecule has 0 unspecified atom stereocenters. The lowest BCUT2D eigenvalue weighted by Crippen LogP contribution is -2.13. The normalized spacial score (nSPS) is 10.2. The van der Waals surface area contributed by atoms with Gasteiger partial charge in [0, 0.05) is 6.42 Å². The number of aromatic carboxylic acids is 1. The van der Waals surface area contributed by atoms with Crippen molar-refractivity contribution in [1.29, 1.82) is 0 Å². The van der Waals surface area contributed by atoms with Crippen molar-refractivity contribution in [3.63, 3.8) is 0 Å². The maximum Gasteiger partial charge on any atom is 0.354 e. The molecule has 1 amide bonds. The summed E-state index contributed by atoms with van der Waals surface area (Å²) in [5, 5.41) is 11.4. The number of anilines is 1. The number of carboxylic acid groups (broad SMARTS) is 1. The average Bonchev–Trinajstić information content (AvgIpc) is 2.43. The first-order valence-corrected chi connectivity index (χ1v) is 7.13. The number of carboxylic acids is 1. The zero-order valence-electron chi connectivity index (χ0n) is 11.9. The molecule has 1 aromatic rings. The van der Waals surface area contributed by atoms with Crippen LogP contribution in [0.5, 0.6) is 0 Å². The highest BCUT2D eigenvalue weighted by atomic mass is 16.4. The quantitative estimate of drug-likeness (QED) is 0.678. The van der Waals surface area contributed by atoms with Crippen LogP contribution in [0.3, 0.4) is 0 Å². The Morgan fingerprint density at radius 3 is 2.55 bits per heavy atom. The zero-order chi connectivity index (χ0) is 14.8. The van der Waals surface area contributed by atoms with Crippen molar-refractivity contribution in [2.45, 2.75) is 51.9 Å². The van der Waals surface area contributed by atoms with Gasteiger partial charge in [0.15, 0.2) is 5.69 Å². The van der Waals surface area contributed by atoms with Crippen LogP contribution in [0.1, 0.15) is 62.4 Å². The molecule has 1 rings (SSSR count). The number of rotatable bonds is 9. The number of nitrogens with one attached hydrogen (secondary N) is 1. The van der Waals surface area contributed by atoms with Crippen molar-refractivity contribution in [3.05, 3.63) is 23.9 Å². The molecule has 0 spiro atoms. The highest BCUT2D eigenvalue weighted by Crippen LogP contribution is 2.09. The van der Waals surface area contributed by atoms with Crippen LogP contribution in [-0.4, -0.2) is 22.0 Å². The molecule has 110 valence electrons. The Bertz CT molecular complexity index is 446. The van der Waals surface area contributed by atoms with E-state index in [1.54, 1.807) is 12.1 Å². The minimum absolute atomic E-state index is 0.0673. The van der Waals surface area contributed by atoms with Crippen molar-refractivity contribution in [2.24, 2.45) is 0 Å². The van der Waals surface area contributed by atoms with E-state index in [0.717, 1.165) is 19.3 Å². The fourth-order valence-electron chi connectivity index (χ4n) is 1.89. The molecule has 0 aliphatic carbocycles. The monoisotopic (exact) mass is 278 g/mol. The predicted octanol–water partition coefficient (Wildman–Crippen LogP) is 3.47. The SMILES string of the molecule is CCCCCCCCC(=O)Nc1cccc(C(=O)O)n1. The van der Waals surface area contributed by atoms with Crippen molar-refractivity contribution in [3.8, 4) is 0 Å². The van der Waals surface area contributed by atoms with Gasteiger partial charge in [-0.15, -0.1) is 0 Å². The zero-order valence-corrected chi connectivity index (χ0v) is 11.9. The van der Waals surface area contributed by atoms with Crippen LogP contribution >= 0.6 is 0 Å². The van der Waals surface area contributed by atoms with Gasteiger partial charge < -0.3 is 10.4 Å². The summed E-state index contributed by atoms with van der Waals surface area (Å²) in [6.07, 6.45) is 7.20. The van der Waals surface area contributed by atoms with Gasteiger partial charge in [0.2, 0.25) is 5.91 Å². The highest BCUT2D eigenvalue weighted by Gasteiger charge is 2.07. The average molecular weight is 278 g/mol. The van der Waals surface area contributed by atoms with Gasteiger partial charge in [0.25, 0.3) is 0 Å². The van der Waals surface area contributed by atoms with E-state index in [1.807, 2.05) is 0 Å². The summed E-state index contributed by atoms with van der Waals surface area (Å²) in [5.74, 6) is -0.923. The Kier molecular flexibility index (Phi) is 7.32. The van der Waals surface area contributed by atoms with E-state index < -0.39 is 5.97 Å². The van der Waals surface area contributed by atoms with E-state index in [2.05, 4.69) is 17.2 Å². The van der Waals surface area contributed by atoms with Gasteiger partial charge in [-0.3, -0.25) is 4.79 Å². The van der Waals surface area contributed by atoms with E-state index in [-0.39, 0.29) is 11.6 Å². The Labute approximate surface area is 119 Å². The van der Waals surface area contributed by atoms with Crippen LogP contribution in [-0.2, 0) is 4.79 Å². The summed E-state index contributed by atoms with van der Waals surface area (Å²) < 4.78 is 0. The Hall–Kier alpha value is -1.91. The molecule has 0 aliphatic rings. The van der Waals surface area contributed by atoms with E-state index in [0.29, 0.717) is 12.2 Å². The molecular formula is C15H22N2O3. The smallest absolute Gasteiger partial charge is 0.354 e. The van der Waals surface area contributed by atoms with Gasteiger partial charge in [0.1, 0.15) is 5.82 Å². The topological polar surface area (TPSA) is 79.3 Å². The van der Waals surface area contributed by atoms with Crippen molar-refractivity contribution in [2.75, 3.05) is 5.32 Å². The minimum atomic E-state index is -1.10. The molecule has 1 heterocycles. The summed E-state index contributed by atoms with van der Waals surface area (Å²) >= 11 is 0. The third-order valence-electron chi connectivity index (χ3n) is 2.99. The molecule has 0 saturated carbocycles.